The number of guanidine groups is 1. The van der Waals surface area contributed by atoms with Crippen LogP contribution in [0.25, 0.3) is 0 Å². The summed E-state index contributed by atoms with van der Waals surface area (Å²) < 4.78 is 6.22. The number of nitrogens with two attached hydrogens (primary N) is 1. The van der Waals surface area contributed by atoms with Crippen LogP contribution in [0.5, 0.6) is 5.75 Å². The molecule has 0 radical (unpaired) electrons. The fourth-order valence-electron chi connectivity index (χ4n) is 2.44. The van der Waals surface area contributed by atoms with Crippen LogP contribution in [0.3, 0.4) is 0 Å². The Kier molecular flexibility index (Phi) is 3.79. The Morgan fingerprint density at radius 1 is 1.33 bits per heavy atom. The van der Waals surface area contributed by atoms with Crippen molar-refractivity contribution in [1.29, 1.82) is 0 Å². The molecule has 2 aromatic rings. The Balaban J connectivity index is 1.99. The van der Waals surface area contributed by atoms with Crippen LogP contribution >= 0.6 is 15.9 Å². The quantitative estimate of drug-likeness (QED) is 0.927. The van der Waals surface area contributed by atoms with Crippen molar-refractivity contribution in [2.75, 3.05) is 18.6 Å². The Labute approximate surface area is 131 Å². The van der Waals surface area contributed by atoms with Gasteiger partial charge in [-0.2, -0.15) is 0 Å². The lowest BCUT2D eigenvalue weighted by Gasteiger charge is -2.26. The number of hydrogen-bond donors (Lipinski definition) is 1. The Morgan fingerprint density at radius 2 is 2.19 bits per heavy atom. The average molecular weight is 347 g/mol. The van der Waals surface area contributed by atoms with Gasteiger partial charge in [-0.25, -0.2) is 0 Å². The summed E-state index contributed by atoms with van der Waals surface area (Å²) in [5.41, 5.74) is 8.09. The minimum Gasteiger partial charge on any atom is -0.497 e. The first-order valence-corrected chi connectivity index (χ1v) is 7.32. The van der Waals surface area contributed by atoms with Crippen molar-refractivity contribution in [2.24, 2.45) is 10.7 Å². The zero-order valence-electron chi connectivity index (χ0n) is 11.5. The second-order valence-electron chi connectivity index (χ2n) is 4.72. The lowest BCUT2D eigenvalue weighted by molar-refractivity contribution is 0.415. The summed E-state index contributed by atoms with van der Waals surface area (Å²) in [7, 11) is 1.65. The molecule has 2 N–H and O–H groups in total. The number of pyridine rings is 1. The molecule has 3 rings (SSSR count). The molecule has 0 saturated heterocycles. The number of ether oxygens (including phenoxy) is 1. The van der Waals surface area contributed by atoms with Gasteiger partial charge in [-0.1, -0.05) is 6.07 Å². The van der Waals surface area contributed by atoms with Crippen LogP contribution in [0.2, 0.25) is 0 Å². The SMILES string of the molecule is COc1cccc(N2C(N)=NCC2c2cncc(Br)c2)c1. The normalized spacial score (nSPS) is 17.7. The van der Waals surface area contributed by atoms with E-state index in [2.05, 4.69) is 25.9 Å². The molecule has 1 aliphatic heterocycles. The number of aliphatic imine (C=N–C) groups is 1. The zero-order chi connectivity index (χ0) is 14.8. The number of anilines is 1. The molecule has 0 spiro atoms. The molecule has 0 fully saturated rings. The Bertz CT molecular complexity index is 689. The maximum atomic E-state index is 6.07. The van der Waals surface area contributed by atoms with E-state index in [1.165, 1.54) is 0 Å². The van der Waals surface area contributed by atoms with Crippen molar-refractivity contribution in [1.82, 2.24) is 4.98 Å². The Morgan fingerprint density at radius 3 is 2.95 bits per heavy atom. The van der Waals surface area contributed by atoms with Gasteiger partial charge in [0.05, 0.1) is 19.7 Å². The molecular weight excluding hydrogens is 332 g/mol. The third kappa shape index (κ3) is 2.71. The topological polar surface area (TPSA) is 63.7 Å². The van der Waals surface area contributed by atoms with Gasteiger partial charge in [-0.05, 0) is 39.7 Å². The summed E-state index contributed by atoms with van der Waals surface area (Å²) in [6.07, 6.45) is 3.61. The first-order chi connectivity index (χ1) is 10.2. The van der Waals surface area contributed by atoms with E-state index in [0.717, 1.165) is 21.5 Å². The smallest absolute Gasteiger partial charge is 0.196 e. The summed E-state index contributed by atoms with van der Waals surface area (Å²) in [5, 5.41) is 0. The second kappa shape index (κ2) is 5.73. The largest absolute Gasteiger partial charge is 0.497 e. The van der Waals surface area contributed by atoms with Gasteiger partial charge in [0.15, 0.2) is 5.96 Å². The van der Waals surface area contributed by atoms with Gasteiger partial charge in [-0.15, -0.1) is 0 Å². The number of aromatic nitrogens is 1. The van der Waals surface area contributed by atoms with Gasteiger partial charge in [0.25, 0.3) is 0 Å². The molecule has 0 aliphatic carbocycles. The molecule has 1 atom stereocenters. The predicted molar refractivity (Wildman–Crippen MR) is 86.6 cm³/mol. The summed E-state index contributed by atoms with van der Waals surface area (Å²) in [6, 6.07) is 9.88. The first-order valence-electron chi connectivity index (χ1n) is 6.52. The number of hydrogen-bond acceptors (Lipinski definition) is 5. The van der Waals surface area contributed by atoms with Gasteiger partial charge in [0, 0.05) is 28.6 Å². The number of rotatable bonds is 3. The van der Waals surface area contributed by atoms with Crippen LogP contribution in [-0.4, -0.2) is 24.6 Å². The molecule has 1 aliphatic rings. The second-order valence-corrected chi connectivity index (χ2v) is 5.64. The van der Waals surface area contributed by atoms with Crippen LogP contribution in [0.15, 0.2) is 52.2 Å². The van der Waals surface area contributed by atoms with Gasteiger partial charge >= 0.3 is 0 Å². The fraction of sp³-hybridized carbons (Fsp3) is 0.200. The minimum atomic E-state index is 0.0436. The molecule has 6 heteroatoms. The molecule has 21 heavy (non-hydrogen) atoms. The maximum Gasteiger partial charge on any atom is 0.196 e. The number of benzene rings is 1. The maximum absolute atomic E-state index is 6.07. The molecule has 1 aromatic heterocycles. The van der Waals surface area contributed by atoms with Crippen molar-refractivity contribution in [3.63, 3.8) is 0 Å². The van der Waals surface area contributed by atoms with Crippen molar-refractivity contribution in [3.8, 4) is 5.75 Å². The van der Waals surface area contributed by atoms with Crippen LogP contribution < -0.4 is 15.4 Å². The minimum absolute atomic E-state index is 0.0436. The van der Waals surface area contributed by atoms with Gasteiger partial charge in [-0.3, -0.25) is 9.98 Å². The van der Waals surface area contributed by atoms with E-state index in [0.29, 0.717) is 12.5 Å². The molecular formula is C15H15BrN4O. The highest BCUT2D eigenvalue weighted by Crippen LogP contribution is 2.33. The lowest BCUT2D eigenvalue weighted by Crippen LogP contribution is -2.36. The van der Waals surface area contributed by atoms with Crippen LogP contribution in [0.4, 0.5) is 5.69 Å². The molecule has 5 nitrogen and oxygen atoms in total. The number of methoxy groups -OCH3 is 1. The molecule has 0 amide bonds. The standard InChI is InChI=1S/C15H15BrN4O/c1-21-13-4-2-3-12(6-13)20-14(9-19-15(20)17)10-5-11(16)8-18-7-10/h2-8,14H,9H2,1H3,(H2,17,19). The van der Waals surface area contributed by atoms with E-state index in [9.17, 15) is 0 Å². The summed E-state index contributed by atoms with van der Waals surface area (Å²) >= 11 is 3.45. The van der Waals surface area contributed by atoms with E-state index in [4.69, 9.17) is 10.5 Å². The molecule has 108 valence electrons. The first kappa shape index (κ1) is 13.9. The highest BCUT2D eigenvalue weighted by atomic mass is 79.9. The third-order valence-electron chi connectivity index (χ3n) is 3.43. The summed E-state index contributed by atoms with van der Waals surface area (Å²) in [5.74, 6) is 1.30. The average Bonchev–Trinajstić information content (AvgIpc) is 2.89. The van der Waals surface area contributed by atoms with Crippen molar-refractivity contribution in [3.05, 3.63) is 52.8 Å². The lowest BCUT2D eigenvalue weighted by atomic mass is 10.1. The van der Waals surface area contributed by atoms with Crippen molar-refractivity contribution in [2.45, 2.75) is 6.04 Å². The molecule has 1 aromatic carbocycles. The van der Waals surface area contributed by atoms with E-state index in [-0.39, 0.29) is 6.04 Å². The van der Waals surface area contributed by atoms with E-state index >= 15 is 0 Å². The fourth-order valence-corrected chi connectivity index (χ4v) is 2.82. The monoisotopic (exact) mass is 346 g/mol. The molecule has 0 bridgehead atoms. The molecule has 0 saturated carbocycles. The van der Waals surface area contributed by atoms with Crippen molar-refractivity contribution < 1.29 is 4.74 Å². The van der Waals surface area contributed by atoms with Crippen LogP contribution in [0, 0.1) is 0 Å². The number of nitrogens with zero attached hydrogens (tertiary/aromatic N) is 3. The van der Waals surface area contributed by atoms with Crippen LogP contribution in [-0.2, 0) is 0 Å². The van der Waals surface area contributed by atoms with Gasteiger partial charge in [0.2, 0.25) is 0 Å². The van der Waals surface area contributed by atoms with E-state index in [1.54, 1.807) is 13.3 Å². The van der Waals surface area contributed by atoms with Crippen LogP contribution in [0.1, 0.15) is 11.6 Å². The molecule has 2 heterocycles. The van der Waals surface area contributed by atoms with E-state index < -0.39 is 0 Å². The summed E-state index contributed by atoms with van der Waals surface area (Å²) in [6.45, 7) is 0.612. The highest BCUT2D eigenvalue weighted by molar-refractivity contribution is 9.10. The Hall–Kier alpha value is -2.08. The predicted octanol–water partition coefficient (Wildman–Crippen LogP) is 2.73. The molecule has 1 unspecified atom stereocenters. The third-order valence-corrected chi connectivity index (χ3v) is 3.86. The summed E-state index contributed by atoms with van der Waals surface area (Å²) in [4.78, 5) is 10.6. The van der Waals surface area contributed by atoms with Crippen molar-refractivity contribution >= 4 is 27.6 Å². The number of halogens is 1. The highest BCUT2D eigenvalue weighted by Gasteiger charge is 2.29. The van der Waals surface area contributed by atoms with Gasteiger partial charge in [0.1, 0.15) is 5.75 Å². The van der Waals surface area contributed by atoms with Gasteiger partial charge < -0.3 is 15.4 Å². The zero-order valence-corrected chi connectivity index (χ0v) is 13.1. The van der Waals surface area contributed by atoms with E-state index in [1.807, 2.05) is 41.4 Å².